The van der Waals surface area contributed by atoms with E-state index < -0.39 is 11.8 Å². The van der Waals surface area contributed by atoms with Gasteiger partial charge in [-0.2, -0.15) is 4.98 Å². The summed E-state index contributed by atoms with van der Waals surface area (Å²) < 4.78 is 19.8. The summed E-state index contributed by atoms with van der Waals surface area (Å²) in [5.41, 5.74) is 4.60. The van der Waals surface area contributed by atoms with Gasteiger partial charge in [0.2, 0.25) is 5.82 Å². The lowest BCUT2D eigenvalue weighted by atomic mass is 9.93. The molecule has 26 heavy (non-hydrogen) atoms. The highest BCUT2D eigenvalue weighted by molar-refractivity contribution is 5.92. The van der Waals surface area contributed by atoms with E-state index in [9.17, 15) is 14.3 Å². The fraction of sp³-hybridized carbons (Fsp3) is 0.250. The third-order valence-corrected chi connectivity index (χ3v) is 4.88. The maximum atomic E-state index is 14.5. The monoisotopic (exact) mass is 354 g/mol. The molecule has 0 unspecified atom stereocenters. The van der Waals surface area contributed by atoms with Gasteiger partial charge in [-0.1, -0.05) is 17.3 Å². The molecule has 0 atom stereocenters. The van der Waals surface area contributed by atoms with Gasteiger partial charge < -0.3 is 9.63 Å². The quantitative estimate of drug-likeness (QED) is 0.732. The van der Waals surface area contributed by atoms with Crippen LogP contribution in [0.1, 0.15) is 38.2 Å². The lowest BCUT2D eigenvalue weighted by Crippen LogP contribution is -2.04. The summed E-state index contributed by atoms with van der Waals surface area (Å²) in [5.74, 6) is -1.10. The molecule has 0 spiro atoms. The number of carbonyl (C=O) groups is 1. The fourth-order valence-corrected chi connectivity index (χ4v) is 2.97. The molecule has 0 fully saturated rings. The first-order chi connectivity index (χ1) is 12.2. The van der Waals surface area contributed by atoms with Crippen LogP contribution in [0.25, 0.3) is 22.8 Å². The number of hydrogen-bond donors (Lipinski definition) is 1. The lowest BCUT2D eigenvalue weighted by molar-refractivity contribution is 0.0696. The van der Waals surface area contributed by atoms with Gasteiger partial charge in [-0.3, -0.25) is 0 Å². The zero-order chi connectivity index (χ0) is 19.2. The number of benzene rings is 2. The van der Waals surface area contributed by atoms with Gasteiger partial charge in [-0.05, 0) is 68.5 Å². The van der Waals surface area contributed by atoms with E-state index in [4.69, 9.17) is 4.52 Å². The lowest BCUT2D eigenvalue weighted by Gasteiger charge is -2.11. The highest BCUT2D eigenvalue weighted by atomic mass is 19.1. The zero-order valence-corrected chi connectivity index (χ0v) is 15.3. The van der Waals surface area contributed by atoms with Gasteiger partial charge >= 0.3 is 5.97 Å². The minimum Gasteiger partial charge on any atom is -0.478 e. The Morgan fingerprint density at radius 2 is 1.69 bits per heavy atom. The van der Waals surface area contributed by atoms with Crippen LogP contribution in [0, 0.1) is 40.4 Å². The summed E-state index contributed by atoms with van der Waals surface area (Å²) in [4.78, 5) is 15.8. The van der Waals surface area contributed by atoms with E-state index in [1.165, 1.54) is 6.07 Å². The van der Waals surface area contributed by atoms with Crippen LogP contribution < -0.4 is 0 Å². The van der Waals surface area contributed by atoms with E-state index in [2.05, 4.69) is 10.1 Å². The molecular formula is C20H19FN2O3. The van der Waals surface area contributed by atoms with Crippen LogP contribution in [0.5, 0.6) is 0 Å². The number of halogens is 1. The minimum absolute atomic E-state index is 0.0770. The number of aryl methyl sites for hydroxylation is 2. The van der Waals surface area contributed by atoms with Crippen molar-refractivity contribution in [1.29, 1.82) is 0 Å². The Kier molecular flexibility index (Phi) is 4.36. The van der Waals surface area contributed by atoms with Crippen LogP contribution in [-0.2, 0) is 0 Å². The Morgan fingerprint density at radius 1 is 1.04 bits per heavy atom. The molecule has 0 radical (unpaired) electrons. The Hall–Kier alpha value is -3.02. The van der Waals surface area contributed by atoms with Crippen molar-refractivity contribution in [2.45, 2.75) is 34.6 Å². The third kappa shape index (κ3) is 2.77. The fourth-order valence-electron chi connectivity index (χ4n) is 2.97. The molecule has 0 saturated carbocycles. The Bertz CT molecular complexity index is 1040. The van der Waals surface area contributed by atoms with Crippen molar-refractivity contribution in [2.24, 2.45) is 0 Å². The minimum atomic E-state index is -1.02. The SMILES string of the molecule is Cc1ccc(C)c(-c2nc(-c3cc(C(=O)O)c(C)c(C)c3C)no2)c1F. The smallest absolute Gasteiger partial charge is 0.335 e. The average Bonchev–Trinajstić information content (AvgIpc) is 3.05. The number of rotatable bonds is 3. The van der Waals surface area contributed by atoms with Gasteiger partial charge in [0, 0.05) is 5.56 Å². The summed E-state index contributed by atoms with van der Waals surface area (Å²) in [6, 6.07) is 5.02. The van der Waals surface area contributed by atoms with Crippen molar-refractivity contribution in [1.82, 2.24) is 10.1 Å². The van der Waals surface area contributed by atoms with Crippen LogP contribution in [0.2, 0.25) is 0 Å². The number of aromatic nitrogens is 2. The van der Waals surface area contributed by atoms with Gasteiger partial charge in [0.05, 0.1) is 11.1 Å². The van der Waals surface area contributed by atoms with Crippen LogP contribution in [0.3, 0.4) is 0 Å². The first kappa shape index (κ1) is 17.8. The first-order valence-corrected chi connectivity index (χ1v) is 8.16. The number of nitrogens with zero attached hydrogens (tertiary/aromatic N) is 2. The molecule has 3 aromatic rings. The first-order valence-electron chi connectivity index (χ1n) is 8.16. The van der Waals surface area contributed by atoms with E-state index in [0.717, 1.165) is 11.1 Å². The predicted molar refractivity (Wildman–Crippen MR) is 95.8 cm³/mol. The van der Waals surface area contributed by atoms with E-state index in [1.807, 2.05) is 13.8 Å². The molecule has 0 aliphatic carbocycles. The molecular weight excluding hydrogens is 335 g/mol. The van der Waals surface area contributed by atoms with Crippen molar-refractivity contribution < 1.29 is 18.8 Å². The van der Waals surface area contributed by atoms with Crippen LogP contribution >= 0.6 is 0 Å². The van der Waals surface area contributed by atoms with E-state index in [1.54, 1.807) is 32.9 Å². The molecule has 134 valence electrons. The Morgan fingerprint density at radius 3 is 2.35 bits per heavy atom. The van der Waals surface area contributed by atoms with Crippen molar-refractivity contribution in [3.63, 3.8) is 0 Å². The zero-order valence-electron chi connectivity index (χ0n) is 15.3. The topological polar surface area (TPSA) is 76.2 Å². The van der Waals surface area contributed by atoms with Crippen molar-refractivity contribution >= 4 is 5.97 Å². The maximum Gasteiger partial charge on any atom is 0.335 e. The molecule has 0 amide bonds. The van der Waals surface area contributed by atoms with Crippen molar-refractivity contribution in [2.75, 3.05) is 0 Å². The van der Waals surface area contributed by atoms with Gasteiger partial charge in [-0.25, -0.2) is 9.18 Å². The summed E-state index contributed by atoms with van der Waals surface area (Å²) in [7, 11) is 0. The van der Waals surface area contributed by atoms with E-state index in [0.29, 0.717) is 22.3 Å². The molecule has 0 aliphatic heterocycles. The number of hydrogen-bond acceptors (Lipinski definition) is 4. The molecule has 0 bridgehead atoms. The Labute approximate surface area is 150 Å². The van der Waals surface area contributed by atoms with Gasteiger partial charge in [0.25, 0.3) is 5.89 Å². The molecule has 5 nitrogen and oxygen atoms in total. The maximum absolute atomic E-state index is 14.5. The van der Waals surface area contributed by atoms with Crippen LogP contribution in [0.15, 0.2) is 22.7 Å². The van der Waals surface area contributed by atoms with Crippen molar-refractivity contribution in [3.05, 3.63) is 57.4 Å². The molecule has 0 saturated heterocycles. The van der Waals surface area contributed by atoms with Gasteiger partial charge in [0.15, 0.2) is 0 Å². The summed E-state index contributed by atoms with van der Waals surface area (Å²) in [6.07, 6.45) is 0. The second-order valence-corrected chi connectivity index (χ2v) is 6.46. The predicted octanol–water partition coefficient (Wildman–Crippen LogP) is 4.78. The molecule has 2 aromatic carbocycles. The number of carboxylic acid groups (broad SMARTS) is 1. The van der Waals surface area contributed by atoms with Gasteiger partial charge in [0.1, 0.15) is 5.82 Å². The summed E-state index contributed by atoms with van der Waals surface area (Å²) >= 11 is 0. The molecule has 1 N–H and O–H groups in total. The van der Waals surface area contributed by atoms with Crippen molar-refractivity contribution in [3.8, 4) is 22.8 Å². The number of aromatic carboxylic acids is 1. The summed E-state index contributed by atoms with van der Waals surface area (Å²) in [5, 5.41) is 13.4. The highest BCUT2D eigenvalue weighted by Gasteiger charge is 2.21. The molecule has 1 heterocycles. The van der Waals surface area contributed by atoms with E-state index in [-0.39, 0.29) is 22.8 Å². The summed E-state index contributed by atoms with van der Waals surface area (Å²) in [6.45, 7) is 8.93. The standard InChI is InChI=1S/C20H19FN2O3/c1-9-6-7-10(2)17(21)16(9)19-22-18(23-26-19)14-8-15(20(24)25)13(5)11(3)12(14)4/h6-8H,1-5H3,(H,24,25). The Balaban J connectivity index is 2.18. The second-order valence-electron chi connectivity index (χ2n) is 6.46. The van der Waals surface area contributed by atoms with Gasteiger partial charge in [-0.15, -0.1) is 0 Å². The third-order valence-electron chi connectivity index (χ3n) is 4.88. The highest BCUT2D eigenvalue weighted by Crippen LogP contribution is 2.32. The second kappa shape index (κ2) is 6.37. The van der Waals surface area contributed by atoms with Crippen LogP contribution in [-0.4, -0.2) is 21.2 Å². The normalized spacial score (nSPS) is 11.0. The molecule has 1 aromatic heterocycles. The number of carboxylic acids is 1. The average molecular weight is 354 g/mol. The molecule has 3 rings (SSSR count). The molecule has 0 aliphatic rings. The van der Waals surface area contributed by atoms with Crippen LogP contribution in [0.4, 0.5) is 4.39 Å². The molecule has 6 heteroatoms. The van der Waals surface area contributed by atoms with E-state index >= 15 is 0 Å². The largest absolute Gasteiger partial charge is 0.478 e.